The number of aliphatic hydroxyl groups is 1. The zero-order valence-electron chi connectivity index (χ0n) is 30.0. The molecule has 0 bridgehead atoms. The number of carbonyl (C=O) groups is 4. The number of carbonyl (C=O) groups excluding carboxylic acids is 4. The molecule has 8 atom stereocenters. The van der Waals surface area contributed by atoms with Gasteiger partial charge in [-0.3, -0.25) is 19.2 Å². The number of amides is 4. The molecular weight excluding hydrogens is 695 g/mol. The number of unbranched alkanes of at least 4 members (excludes halogenated alkanes) is 1. The van der Waals surface area contributed by atoms with Gasteiger partial charge in [-0.25, -0.2) is 12.7 Å². The van der Waals surface area contributed by atoms with Gasteiger partial charge in [0.1, 0.15) is 30.3 Å². The molecule has 6 aliphatic rings. The minimum atomic E-state index is -4.36. The first-order valence-corrected chi connectivity index (χ1v) is 20.0. The van der Waals surface area contributed by atoms with Gasteiger partial charge < -0.3 is 24.7 Å². The minimum Gasteiger partial charge on any atom is -0.396 e. The van der Waals surface area contributed by atoms with Crippen LogP contribution in [0.15, 0.2) is 83.8 Å². The van der Waals surface area contributed by atoms with Crippen molar-refractivity contribution in [2.45, 2.75) is 98.1 Å². The molecule has 4 amide bonds. The van der Waals surface area contributed by atoms with Crippen molar-refractivity contribution in [3.63, 3.8) is 0 Å². The second-order valence-corrected chi connectivity index (χ2v) is 17.3. The van der Waals surface area contributed by atoms with Crippen molar-refractivity contribution in [2.75, 3.05) is 24.5 Å². The Labute approximate surface area is 309 Å². The summed E-state index contributed by atoms with van der Waals surface area (Å²) in [6.45, 7) is 3.65. The van der Waals surface area contributed by atoms with Crippen molar-refractivity contribution >= 4 is 39.3 Å². The minimum absolute atomic E-state index is 0.0413. The summed E-state index contributed by atoms with van der Waals surface area (Å²) in [5, 5.41) is 9.51. The van der Waals surface area contributed by atoms with Crippen LogP contribution in [0.4, 0.5) is 5.69 Å². The molecule has 13 heteroatoms. The number of sulfonamides is 1. The highest BCUT2D eigenvalue weighted by molar-refractivity contribution is 7.92. The Hall–Kier alpha value is -4.75. The Morgan fingerprint density at radius 3 is 2.08 bits per heavy atom. The first kappa shape index (κ1) is 34.0. The van der Waals surface area contributed by atoms with Crippen LogP contribution in [0.25, 0.3) is 0 Å². The molecule has 3 aromatic carbocycles. The van der Waals surface area contributed by atoms with Gasteiger partial charge in [0.2, 0.25) is 23.6 Å². The van der Waals surface area contributed by atoms with E-state index in [0.717, 1.165) is 11.1 Å². The third-order valence-electron chi connectivity index (χ3n) is 13.4. The molecule has 4 saturated heterocycles. The third kappa shape index (κ3) is 4.12. The molecular formula is C40H43N5O7S. The summed E-state index contributed by atoms with van der Waals surface area (Å²) in [5.41, 5.74) is 0.709. The van der Waals surface area contributed by atoms with Crippen LogP contribution in [-0.4, -0.2) is 113 Å². The van der Waals surface area contributed by atoms with E-state index in [1.165, 1.54) is 21.3 Å². The van der Waals surface area contributed by atoms with E-state index in [0.29, 0.717) is 30.5 Å². The summed E-state index contributed by atoms with van der Waals surface area (Å²) < 4.78 is 31.8. The number of rotatable bonds is 7. The van der Waals surface area contributed by atoms with Crippen molar-refractivity contribution in [3.8, 4) is 0 Å². The molecule has 0 radical (unpaired) electrons. The molecule has 1 aliphatic carbocycles. The average molecular weight is 738 g/mol. The molecule has 0 spiro atoms. The summed E-state index contributed by atoms with van der Waals surface area (Å²) in [6, 6.07) is 19.5. The highest BCUT2D eigenvalue weighted by Crippen LogP contribution is 2.71. The number of benzene rings is 3. The lowest BCUT2D eigenvalue weighted by Crippen LogP contribution is -2.68. The van der Waals surface area contributed by atoms with E-state index in [1.807, 2.05) is 36.4 Å². The number of hydrogen-bond acceptors (Lipinski definition) is 7. The highest BCUT2D eigenvalue weighted by Gasteiger charge is 2.80. The lowest BCUT2D eigenvalue weighted by atomic mass is 9.53. The summed E-state index contributed by atoms with van der Waals surface area (Å²) in [7, 11) is -2.71. The van der Waals surface area contributed by atoms with Crippen LogP contribution in [0.5, 0.6) is 0 Å². The highest BCUT2D eigenvalue weighted by atomic mass is 32.2. The molecule has 0 saturated carbocycles. The summed E-state index contributed by atoms with van der Waals surface area (Å²) in [4.78, 5) is 64.9. The normalized spacial score (nSPS) is 32.9. The molecule has 0 unspecified atom stereocenters. The lowest BCUT2D eigenvalue weighted by molar-refractivity contribution is -0.160. The number of nitrogens with zero attached hydrogens (tertiary/aromatic N) is 5. The maximum atomic E-state index is 15.2. The van der Waals surface area contributed by atoms with Crippen molar-refractivity contribution in [2.24, 2.45) is 0 Å². The first-order valence-electron chi connectivity index (χ1n) is 18.5. The van der Waals surface area contributed by atoms with Crippen LogP contribution in [0.2, 0.25) is 0 Å². The van der Waals surface area contributed by atoms with Crippen LogP contribution >= 0.6 is 0 Å². The second-order valence-electron chi connectivity index (χ2n) is 15.5. The van der Waals surface area contributed by atoms with E-state index in [4.69, 9.17) is 0 Å². The SMILES string of the molecule is C[C@H]1C(=O)N2[C@H]3Cc4ccccc4[C@@]3([C@]34C[C@H]5C(=O)N(CCCCO)[C@@H](C)C(=O)N5[C@H]3N(S(=O)(=O)c3ccccc3)c3ccccc34)C[C@H]2C(=O)N1C. The molecule has 1 N–H and O–H groups in total. The van der Waals surface area contributed by atoms with Gasteiger partial charge in [-0.1, -0.05) is 60.7 Å². The predicted molar refractivity (Wildman–Crippen MR) is 194 cm³/mol. The molecule has 4 fully saturated rings. The molecule has 0 aromatic heterocycles. The number of para-hydroxylation sites is 1. The molecule has 3 aromatic rings. The van der Waals surface area contributed by atoms with E-state index in [1.54, 1.807) is 65.9 Å². The zero-order chi connectivity index (χ0) is 37.2. The van der Waals surface area contributed by atoms with E-state index in [2.05, 4.69) is 0 Å². The van der Waals surface area contributed by atoms with E-state index >= 15 is 8.42 Å². The Morgan fingerprint density at radius 1 is 0.717 bits per heavy atom. The lowest BCUT2D eigenvalue weighted by Gasteiger charge is -2.50. The summed E-state index contributed by atoms with van der Waals surface area (Å²) in [5.74, 6) is -0.977. The van der Waals surface area contributed by atoms with Gasteiger partial charge in [0.25, 0.3) is 10.0 Å². The predicted octanol–water partition coefficient (Wildman–Crippen LogP) is 2.39. The molecule has 276 valence electrons. The van der Waals surface area contributed by atoms with Gasteiger partial charge in [-0.15, -0.1) is 0 Å². The maximum Gasteiger partial charge on any atom is 0.266 e. The quantitative estimate of drug-likeness (QED) is 0.368. The number of anilines is 1. The van der Waals surface area contributed by atoms with Crippen LogP contribution in [0, 0.1) is 0 Å². The van der Waals surface area contributed by atoms with Crippen molar-refractivity contribution in [1.82, 2.24) is 19.6 Å². The van der Waals surface area contributed by atoms with E-state index in [9.17, 15) is 24.3 Å². The monoisotopic (exact) mass is 737 g/mol. The molecule has 12 nitrogen and oxygen atoms in total. The van der Waals surface area contributed by atoms with Crippen LogP contribution < -0.4 is 4.31 Å². The fourth-order valence-electron chi connectivity index (χ4n) is 11.1. The topological polar surface area (TPSA) is 139 Å². The van der Waals surface area contributed by atoms with Crippen molar-refractivity contribution in [3.05, 3.63) is 95.6 Å². The van der Waals surface area contributed by atoms with E-state index in [-0.39, 0.29) is 54.5 Å². The van der Waals surface area contributed by atoms with Crippen LogP contribution in [0.1, 0.15) is 56.2 Å². The largest absolute Gasteiger partial charge is 0.396 e. The number of aliphatic hydroxyl groups excluding tert-OH is 1. The third-order valence-corrected chi connectivity index (χ3v) is 15.2. The van der Waals surface area contributed by atoms with Crippen LogP contribution in [0.3, 0.4) is 0 Å². The van der Waals surface area contributed by atoms with Gasteiger partial charge in [-0.2, -0.15) is 0 Å². The number of likely N-dealkylation sites (N-methyl/N-ethyl adjacent to an activating group) is 1. The van der Waals surface area contributed by atoms with E-state index < -0.39 is 57.2 Å². The number of piperazine rings is 2. The number of fused-ring (bicyclic) bond motifs is 11. The fraction of sp³-hybridized carbons (Fsp3) is 0.450. The Bertz CT molecular complexity index is 2180. The first-order chi connectivity index (χ1) is 25.4. The molecule has 9 rings (SSSR count). The van der Waals surface area contributed by atoms with Crippen molar-refractivity contribution in [1.29, 1.82) is 0 Å². The standard InChI is InChI=1S/C40H43N5O7S/c1-24-34(47)43-31(36(49)41(24)3)22-39(28-16-8-7-13-26(28)21-33(39)43)40-23-32-37(50)42(19-11-12-20-46)25(2)35(48)44(32)38(40)45(30-18-10-9-17-29(30)40)53(51,52)27-14-5-4-6-15-27/h4-10,13-18,24-25,31-33,38,46H,11-12,19-23H2,1-3H3/t24-,25-,31-,32-,33-,38-,39-,40-/m0/s1. The van der Waals surface area contributed by atoms with Crippen LogP contribution in [-0.2, 0) is 46.5 Å². The molecule has 5 aliphatic heterocycles. The molecule has 5 heterocycles. The van der Waals surface area contributed by atoms with Gasteiger partial charge in [-0.05, 0) is 80.8 Å². The Balaban J connectivity index is 1.35. The van der Waals surface area contributed by atoms with Gasteiger partial charge in [0, 0.05) is 31.7 Å². The van der Waals surface area contributed by atoms with Gasteiger partial charge >= 0.3 is 0 Å². The summed E-state index contributed by atoms with van der Waals surface area (Å²) in [6.07, 6.45) is 0.548. The van der Waals surface area contributed by atoms with Gasteiger partial charge in [0.05, 0.1) is 16.0 Å². The van der Waals surface area contributed by atoms with Crippen molar-refractivity contribution < 1.29 is 32.7 Å². The number of hydrogen-bond donors (Lipinski definition) is 1. The smallest absolute Gasteiger partial charge is 0.266 e. The summed E-state index contributed by atoms with van der Waals surface area (Å²) >= 11 is 0. The second kappa shape index (κ2) is 11.6. The fourth-order valence-corrected chi connectivity index (χ4v) is 12.8. The zero-order valence-corrected chi connectivity index (χ0v) is 30.8. The maximum absolute atomic E-state index is 15.2. The Morgan fingerprint density at radius 2 is 1.34 bits per heavy atom. The average Bonchev–Trinajstić information content (AvgIpc) is 3.88. The molecule has 53 heavy (non-hydrogen) atoms. The Kier molecular flexibility index (Phi) is 7.47. The van der Waals surface area contributed by atoms with Gasteiger partial charge in [0.15, 0.2) is 0 Å².